The Bertz CT molecular complexity index is 597. The number of benzene rings is 1. The third-order valence-corrected chi connectivity index (χ3v) is 4.11. The molecule has 3 N–H and O–H groups in total. The largest absolute Gasteiger partial charge is 0.453 e. The van der Waals surface area contributed by atoms with E-state index in [-0.39, 0.29) is 18.0 Å². The Morgan fingerprint density at radius 3 is 2.36 bits per heavy atom. The first-order valence-corrected chi connectivity index (χ1v) is 7.84. The van der Waals surface area contributed by atoms with Gasteiger partial charge in [0.25, 0.3) is 0 Å². The summed E-state index contributed by atoms with van der Waals surface area (Å²) < 4.78 is 35.7. The molecule has 0 aromatic heterocycles. The van der Waals surface area contributed by atoms with E-state index in [2.05, 4.69) is 14.8 Å². The molecule has 0 aliphatic carbocycles. The minimum Gasteiger partial charge on any atom is -0.453 e. The Morgan fingerprint density at radius 2 is 1.86 bits per heavy atom. The van der Waals surface area contributed by atoms with Crippen LogP contribution in [0.1, 0.15) is 6.92 Å². The second kappa shape index (κ2) is 7.54. The number of aliphatic hydroxyl groups is 1. The summed E-state index contributed by atoms with van der Waals surface area (Å²) in [7, 11) is -1.13. The fraction of sp³-hybridized carbons (Fsp3) is 0.462. The highest BCUT2D eigenvalue weighted by atomic mass is 32.2. The van der Waals surface area contributed by atoms with E-state index < -0.39 is 21.7 Å². The molecular weight excluding hydrogens is 312 g/mol. The Kier molecular flexibility index (Phi) is 6.30. The van der Waals surface area contributed by atoms with Crippen molar-refractivity contribution in [1.82, 2.24) is 4.72 Å². The van der Waals surface area contributed by atoms with E-state index in [1.54, 1.807) is 0 Å². The van der Waals surface area contributed by atoms with Crippen LogP contribution in [0.15, 0.2) is 29.2 Å². The predicted octanol–water partition coefficient (Wildman–Crippen LogP) is 0.541. The molecule has 8 nitrogen and oxygen atoms in total. The Labute approximate surface area is 129 Å². The van der Waals surface area contributed by atoms with Crippen LogP contribution < -0.4 is 10.0 Å². The van der Waals surface area contributed by atoms with Crippen molar-refractivity contribution in [1.29, 1.82) is 0 Å². The van der Waals surface area contributed by atoms with E-state index in [0.717, 1.165) is 0 Å². The van der Waals surface area contributed by atoms with Gasteiger partial charge >= 0.3 is 6.09 Å². The summed E-state index contributed by atoms with van der Waals surface area (Å²) in [4.78, 5) is 11.0. The lowest BCUT2D eigenvalue weighted by atomic mass is 10.1. The van der Waals surface area contributed by atoms with Crippen molar-refractivity contribution < 1.29 is 27.8 Å². The number of rotatable bonds is 7. The van der Waals surface area contributed by atoms with Crippen molar-refractivity contribution in [3.63, 3.8) is 0 Å². The van der Waals surface area contributed by atoms with Gasteiger partial charge in [-0.2, -0.15) is 0 Å². The average Bonchev–Trinajstić information content (AvgIpc) is 2.46. The number of amides is 1. The van der Waals surface area contributed by atoms with E-state index in [1.807, 2.05) is 0 Å². The molecular formula is C13H20N2O6S. The molecule has 1 atom stereocenters. The molecule has 0 fully saturated rings. The molecule has 0 unspecified atom stereocenters. The lowest BCUT2D eigenvalue weighted by molar-refractivity contribution is -0.0119. The molecule has 1 amide bonds. The quantitative estimate of drug-likeness (QED) is 0.671. The third-order valence-electron chi connectivity index (χ3n) is 2.69. The molecule has 22 heavy (non-hydrogen) atoms. The molecule has 0 saturated carbocycles. The Morgan fingerprint density at radius 1 is 1.27 bits per heavy atom. The minimum atomic E-state index is -3.77. The zero-order valence-electron chi connectivity index (χ0n) is 12.6. The van der Waals surface area contributed by atoms with Gasteiger partial charge < -0.3 is 14.6 Å². The molecule has 1 aromatic rings. The summed E-state index contributed by atoms with van der Waals surface area (Å²) in [6.45, 7) is 1.27. The van der Waals surface area contributed by atoms with Gasteiger partial charge in [-0.15, -0.1) is 0 Å². The van der Waals surface area contributed by atoms with Crippen LogP contribution in [0.4, 0.5) is 10.5 Å². The average molecular weight is 332 g/mol. The molecule has 0 aliphatic heterocycles. The zero-order valence-corrected chi connectivity index (χ0v) is 13.4. The molecule has 0 radical (unpaired) electrons. The van der Waals surface area contributed by atoms with Gasteiger partial charge in [0.15, 0.2) is 0 Å². The van der Waals surface area contributed by atoms with Crippen LogP contribution in [0.2, 0.25) is 0 Å². The normalized spacial score (nSPS) is 14.2. The summed E-state index contributed by atoms with van der Waals surface area (Å²) in [5.74, 6) is 0. The molecule has 0 heterocycles. The van der Waals surface area contributed by atoms with Gasteiger partial charge in [0.2, 0.25) is 10.0 Å². The van der Waals surface area contributed by atoms with Gasteiger partial charge in [-0.05, 0) is 31.2 Å². The summed E-state index contributed by atoms with van der Waals surface area (Å²) in [5.41, 5.74) is -0.911. The zero-order chi connectivity index (χ0) is 16.8. The first kappa shape index (κ1) is 18.4. The SMILES string of the molecule is COC[C@@](C)(O)CNS(=O)(=O)c1ccc(NC(=O)OC)cc1. The van der Waals surface area contributed by atoms with Crippen LogP contribution in [0.3, 0.4) is 0 Å². The molecule has 1 aromatic carbocycles. The van der Waals surface area contributed by atoms with Crippen molar-refractivity contribution >= 4 is 21.8 Å². The fourth-order valence-corrected chi connectivity index (χ4v) is 2.74. The van der Waals surface area contributed by atoms with Crippen molar-refractivity contribution in [2.75, 3.05) is 32.7 Å². The van der Waals surface area contributed by atoms with Crippen LogP contribution in [-0.4, -0.2) is 52.6 Å². The first-order valence-electron chi connectivity index (χ1n) is 6.36. The number of anilines is 1. The number of methoxy groups -OCH3 is 2. The standard InChI is InChI=1S/C13H20N2O6S/c1-13(17,9-20-2)8-14-22(18,19)11-6-4-10(5-7-11)15-12(16)21-3/h4-7,14,17H,8-9H2,1-3H3,(H,15,16)/t13-/m0/s1. The Balaban J connectivity index is 2.75. The van der Waals surface area contributed by atoms with Gasteiger partial charge in [0, 0.05) is 19.3 Å². The second-order valence-corrected chi connectivity index (χ2v) is 6.66. The molecule has 0 bridgehead atoms. The highest BCUT2D eigenvalue weighted by Crippen LogP contribution is 2.15. The number of ether oxygens (including phenoxy) is 2. The number of carbonyl (C=O) groups excluding carboxylic acids is 1. The van der Waals surface area contributed by atoms with Gasteiger partial charge in [0.05, 0.1) is 24.2 Å². The van der Waals surface area contributed by atoms with Crippen molar-refractivity contribution in [2.45, 2.75) is 17.4 Å². The number of hydrogen-bond donors (Lipinski definition) is 3. The maximum Gasteiger partial charge on any atom is 0.411 e. The summed E-state index contributed by atoms with van der Waals surface area (Å²) in [6.07, 6.45) is -0.649. The number of hydrogen-bond acceptors (Lipinski definition) is 6. The lowest BCUT2D eigenvalue weighted by Crippen LogP contribution is -2.43. The van der Waals surface area contributed by atoms with E-state index in [1.165, 1.54) is 45.4 Å². The van der Waals surface area contributed by atoms with Gasteiger partial charge in [0.1, 0.15) is 0 Å². The smallest absolute Gasteiger partial charge is 0.411 e. The Hall–Kier alpha value is -1.68. The molecule has 0 aliphatic rings. The van der Waals surface area contributed by atoms with Gasteiger partial charge in [-0.1, -0.05) is 0 Å². The maximum absolute atomic E-state index is 12.1. The van der Waals surface area contributed by atoms with Gasteiger partial charge in [-0.3, -0.25) is 5.32 Å². The van der Waals surface area contributed by atoms with Crippen LogP contribution in [0.25, 0.3) is 0 Å². The van der Waals surface area contributed by atoms with Gasteiger partial charge in [-0.25, -0.2) is 17.9 Å². The van der Waals surface area contributed by atoms with Crippen molar-refractivity contribution in [3.8, 4) is 0 Å². The number of carbonyl (C=O) groups is 1. The van der Waals surface area contributed by atoms with Crippen LogP contribution >= 0.6 is 0 Å². The predicted molar refractivity (Wildman–Crippen MR) is 80.2 cm³/mol. The number of nitrogens with one attached hydrogen (secondary N) is 2. The van der Waals surface area contributed by atoms with E-state index in [4.69, 9.17) is 4.74 Å². The maximum atomic E-state index is 12.1. The van der Waals surface area contributed by atoms with E-state index in [9.17, 15) is 18.3 Å². The van der Waals surface area contributed by atoms with Crippen LogP contribution in [0.5, 0.6) is 0 Å². The summed E-state index contributed by atoms with van der Waals surface area (Å²) >= 11 is 0. The third kappa shape index (κ3) is 5.60. The topological polar surface area (TPSA) is 114 Å². The summed E-state index contributed by atoms with van der Waals surface area (Å²) in [6, 6.07) is 5.52. The van der Waals surface area contributed by atoms with Crippen molar-refractivity contribution in [3.05, 3.63) is 24.3 Å². The first-order chi connectivity index (χ1) is 10.2. The minimum absolute atomic E-state index is 0.00247. The molecule has 124 valence electrons. The van der Waals surface area contributed by atoms with E-state index in [0.29, 0.717) is 5.69 Å². The van der Waals surface area contributed by atoms with Crippen molar-refractivity contribution in [2.24, 2.45) is 0 Å². The molecule has 0 spiro atoms. The van der Waals surface area contributed by atoms with Crippen LogP contribution in [-0.2, 0) is 19.5 Å². The highest BCUT2D eigenvalue weighted by Gasteiger charge is 2.24. The number of sulfonamides is 1. The van der Waals surface area contributed by atoms with E-state index >= 15 is 0 Å². The lowest BCUT2D eigenvalue weighted by Gasteiger charge is -2.22. The fourth-order valence-electron chi connectivity index (χ4n) is 1.58. The molecule has 1 rings (SSSR count). The van der Waals surface area contributed by atoms with Crippen LogP contribution in [0, 0.1) is 0 Å². The molecule has 0 saturated heterocycles. The monoisotopic (exact) mass is 332 g/mol. The second-order valence-electron chi connectivity index (χ2n) is 4.90. The summed E-state index contributed by atoms with van der Waals surface area (Å²) in [5, 5.41) is 12.3. The highest BCUT2D eigenvalue weighted by molar-refractivity contribution is 7.89. The molecule has 9 heteroatoms.